The van der Waals surface area contributed by atoms with Gasteiger partial charge in [-0.25, -0.2) is 8.42 Å². The van der Waals surface area contributed by atoms with E-state index in [0.717, 1.165) is 18.4 Å². The molecule has 7 atom stereocenters. The minimum atomic E-state index is -3.77. The number of aliphatic hydroxyl groups is 1. The van der Waals surface area contributed by atoms with Crippen molar-refractivity contribution in [1.29, 1.82) is 0 Å². The van der Waals surface area contributed by atoms with Crippen molar-refractivity contribution in [3.05, 3.63) is 42.0 Å². The highest BCUT2D eigenvalue weighted by Crippen LogP contribution is 2.72. The molecule has 1 aromatic carbocycles. The number of rotatable bonds is 6. The van der Waals surface area contributed by atoms with E-state index in [2.05, 4.69) is 39.9 Å². The summed E-state index contributed by atoms with van der Waals surface area (Å²) in [5.41, 5.74) is 0.232. The van der Waals surface area contributed by atoms with E-state index in [1.165, 1.54) is 0 Å². The molecule has 8 heteroatoms. The summed E-state index contributed by atoms with van der Waals surface area (Å²) < 4.78 is 43.1. The molecule has 1 saturated heterocycles. The topological polar surface area (TPSA) is 76.1 Å². The quantitative estimate of drug-likeness (QED) is 0.447. The molecule has 4 aliphatic rings. The van der Waals surface area contributed by atoms with Gasteiger partial charge in [0.2, 0.25) is 10.0 Å². The SMILES string of the molecule is CO[C@H]1C[C@@]2(CO[Si](C)(C)C(C)(C)C)CN(S(=O)(=O)c3ccc(C)cc3)C3[C@@H]4C[C@H]2[C@@]31C=C[C@H]4O. The molecule has 3 aliphatic carbocycles. The zero-order valence-corrected chi connectivity index (χ0v) is 23.9. The molecule has 194 valence electrons. The van der Waals surface area contributed by atoms with Crippen molar-refractivity contribution in [2.45, 2.75) is 81.8 Å². The first-order valence-electron chi connectivity index (χ1n) is 12.8. The fraction of sp³-hybridized carbons (Fsp3) is 0.704. The smallest absolute Gasteiger partial charge is 0.243 e. The van der Waals surface area contributed by atoms with E-state index in [9.17, 15) is 13.5 Å². The molecule has 1 N–H and O–H groups in total. The second-order valence-corrected chi connectivity index (χ2v) is 19.6. The van der Waals surface area contributed by atoms with Crippen LogP contribution in [0.1, 0.15) is 39.2 Å². The molecule has 0 aromatic heterocycles. The molecular weight excluding hydrogens is 478 g/mol. The van der Waals surface area contributed by atoms with Gasteiger partial charge >= 0.3 is 0 Å². The predicted molar refractivity (Wildman–Crippen MR) is 139 cm³/mol. The minimum absolute atomic E-state index is 0.0626. The fourth-order valence-electron chi connectivity index (χ4n) is 7.28. The van der Waals surface area contributed by atoms with Crippen LogP contribution in [0.3, 0.4) is 0 Å². The number of hydrogen-bond acceptors (Lipinski definition) is 5. The molecule has 3 fully saturated rings. The number of aryl methyl sites for hydroxylation is 1. The maximum atomic E-state index is 14.2. The molecule has 2 saturated carbocycles. The van der Waals surface area contributed by atoms with Crippen molar-refractivity contribution in [2.24, 2.45) is 22.7 Å². The van der Waals surface area contributed by atoms with Crippen LogP contribution in [0, 0.1) is 29.6 Å². The van der Waals surface area contributed by atoms with Gasteiger partial charge < -0.3 is 14.3 Å². The summed E-state index contributed by atoms with van der Waals surface area (Å²) in [7, 11) is -4.09. The Kier molecular flexibility index (Phi) is 5.84. The third-order valence-electron chi connectivity index (χ3n) is 10.2. The van der Waals surface area contributed by atoms with Crippen LogP contribution in [0.15, 0.2) is 41.3 Å². The van der Waals surface area contributed by atoms with Gasteiger partial charge in [-0.05, 0) is 55.9 Å². The molecule has 1 heterocycles. The Hall–Kier alpha value is -1.03. The number of piperidine rings is 1. The third-order valence-corrected chi connectivity index (χ3v) is 16.5. The largest absolute Gasteiger partial charge is 0.416 e. The van der Waals surface area contributed by atoms with Crippen molar-refractivity contribution in [1.82, 2.24) is 4.31 Å². The van der Waals surface area contributed by atoms with Gasteiger partial charge in [0.15, 0.2) is 8.32 Å². The lowest BCUT2D eigenvalue weighted by Gasteiger charge is -2.53. The van der Waals surface area contributed by atoms with E-state index in [1.54, 1.807) is 23.5 Å². The molecular formula is C27H41NO5SSi. The van der Waals surface area contributed by atoms with Crippen molar-refractivity contribution >= 4 is 18.3 Å². The Morgan fingerprint density at radius 1 is 1.20 bits per heavy atom. The number of hydrogen-bond donors (Lipinski definition) is 1. The summed E-state index contributed by atoms with van der Waals surface area (Å²) in [6.45, 7) is 14.1. The summed E-state index contributed by atoms with van der Waals surface area (Å²) in [5.74, 6) is 0.0792. The molecule has 1 aromatic rings. The highest BCUT2D eigenvalue weighted by atomic mass is 32.2. The zero-order valence-electron chi connectivity index (χ0n) is 22.1. The second kappa shape index (κ2) is 7.98. The van der Waals surface area contributed by atoms with Crippen molar-refractivity contribution in [2.75, 3.05) is 20.3 Å². The number of methoxy groups -OCH3 is 1. The average Bonchev–Trinajstić information content (AvgIpc) is 3.03. The normalized spacial score (nSPS) is 38.8. The number of sulfonamides is 1. The molecule has 5 rings (SSSR count). The zero-order chi connectivity index (χ0) is 25.6. The molecule has 1 unspecified atom stereocenters. The first-order chi connectivity index (χ1) is 16.2. The molecule has 6 nitrogen and oxygen atoms in total. The van der Waals surface area contributed by atoms with Crippen LogP contribution in [0.5, 0.6) is 0 Å². The second-order valence-electron chi connectivity index (χ2n) is 12.9. The maximum absolute atomic E-state index is 14.2. The van der Waals surface area contributed by atoms with E-state index in [4.69, 9.17) is 9.16 Å². The summed E-state index contributed by atoms with van der Waals surface area (Å²) in [6, 6.07) is 6.81. The van der Waals surface area contributed by atoms with E-state index < -0.39 is 29.9 Å². The van der Waals surface area contributed by atoms with Crippen LogP contribution in [0.4, 0.5) is 0 Å². The van der Waals surface area contributed by atoms with Crippen LogP contribution in [0.2, 0.25) is 18.1 Å². The lowest BCUT2D eigenvalue weighted by atomic mass is 9.65. The van der Waals surface area contributed by atoms with Gasteiger partial charge in [-0.2, -0.15) is 4.31 Å². The minimum Gasteiger partial charge on any atom is -0.416 e. The molecule has 0 radical (unpaired) electrons. The van der Waals surface area contributed by atoms with Gasteiger partial charge in [0.25, 0.3) is 0 Å². The van der Waals surface area contributed by atoms with Gasteiger partial charge in [-0.15, -0.1) is 0 Å². The molecule has 1 aliphatic heterocycles. The molecule has 1 spiro atoms. The Morgan fingerprint density at radius 2 is 1.86 bits per heavy atom. The van der Waals surface area contributed by atoms with E-state index in [1.807, 2.05) is 25.1 Å². The first kappa shape index (κ1) is 25.6. The maximum Gasteiger partial charge on any atom is 0.243 e. The Morgan fingerprint density at radius 3 is 2.46 bits per heavy atom. The monoisotopic (exact) mass is 519 g/mol. The van der Waals surface area contributed by atoms with Gasteiger partial charge in [0, 0.05) is 43.1 Å². The summed E-state index contributed by atoms with van der Waals surface area (Å²) in [5, 5.41) is 11.1. The molecule has 0 amide bonds. The Labute approximate surface area is 211 Å². The number of ether oxygens (including phenoxy) is 1. The van der Waals surface area contributed by atoms with Crippen LogP contribution in [-0.4, -0.2) is 64.7 Å². The van der Waals surface area contributed by atoms with Crippen molar-refractivity contribution in [3.8, 4) is 0 Å². The lowest BCUT2D eigenvalue weighted by molar-refractivity contribution is -0.0419. The standard InChI is InChI=1S/C27H41NO5SSi/c1-18-8-10-19(11-9-18)34(30,31)28-16-26(17-33-35(6,7)25(2,3)4)15-23(32-5)27-13-12-21(29)20(24(27)28)14-22(26)27/h8-13,20-24,29H,14-17H2,1-7H3/t20-,21-,22-,23+,24?,26+,27-/m1/s1. The van der Waals surface area contributed by atoms with Crippen molar-refractivity contribution in [3.63, 3.8) is 0 Å². The van der Waals surface area contributed by atoms with Crippen LogP contribution >= 0.6 is 0 Å². The number of aliphatic hydroxyl groups excluding tert-OH is 1. The summed E-state index contributed by atoms with van der Waals surface area (Å²) in [6.07, 6.45) is 4.80. The van der Waals surface area contributed by atoms with Crippen LogP contribution in [0.25, 0.3) is 0 Å². The summed E-state index contributed by atoms with van der Waals surface area (Å²) in [4.78, 5) is 0.315. The predicted octanol–water partition coefficient (Wildman–Crippen LogP) is 4.35. The van der Waals surface area contributed by atoms with Crippen LogP contribution in [-0.2, 0) is 19.2 Å². The fourth-order valence-corrected chi connectivity index (χ4v) is 10.2. The Balaban J connectivity index is 1.62. The molecule has 35 heavy (non-hydrogen) atoms. The van der Waals surface area contributed by atoms with Gasteiger partial charge in [0.05, 0.1) is 17.1 Å². The number of benzene rings is 1. The van der Waals surface area contributed by atoms with Crippen LogP contribution < -0.4 is 0 Å². The number of nitrogens with zero attached hydrogens (tertiary/aromatic N) is 1. The first-order valence-corrected chi connectivity index (χ1v) is 17.2. The highest BCUT2D eigenvalue weighted by Gasteiger charge is 2.76. The van der Waals surface area contributed by atoms with E-state index in [0.29, 0.717) is 18.0 Å². The van der Waals surface area contributed by atoms with Gasteiger partial charge in [-0.3, -0.25) is 0 Å². The third kappa shape index (κ3) is 3.51. The van der Waals surface area contributed by atoms with Gasteiger partial charge in [0.1, 0.15) is 0 Å². The van der Waals surface area contributed by atoms with E-state index >= 15 is 0 Å². The summed E-state index contributed by atoms with van der Waals surface area (Å²) >= 11 is 0. The average molecular weight is 520 g/mol. The Bertz CT molecular complexity index is 1130. The van der Waals surface area contributed by atoms with E-state index in [-0.39, 0.29) is 34.4 Å². The van der Waals surface area contributed by atoms with Crippen molar-refractivity contribution < 1.29 is 22.7 Å². The highest BCUT2D eigenvalue weighted by molar-refractivity contribution is 7.89. The molecule has 5 bridgehead atoms. The van der Waals surface area contributed by atoms with Gasteiger partial charge in [-0.1, -0.05) is 50.6 Å². The lowest BCUT2D eigenvalue weighted by Crippen LogP contribution is -2.62.